The third kappa shape index (κ3) is 3.77. The van der Waals surface area contributed by atoms with E-state index in [9.17, 15) is 4.79 Å². The van der Waals surface area contributed by atoms with Crippen molar-refractivity contribution in [3.8, 4) is 10.6 Å². The maximum Gasteiger partial charge on any atom is 0.235 e. The second kappa shape index (κ2) is 6.80. The van der Waals surface area contributed by atoms with Crippen LogP contribution < -0.4 is 5.32 Å². The van der Waals surface area contributed by atoms with Crippen LogP contribution in [0.15, 0.2) is 34.2 Å². The second-order valence-corrected chi connectivity index (χ2v) is 6.57. The van der Waals surface area contributed by atoms with E-state index in [2.05, 4.69) is 20.7 Å². The van der Waals surface area contributed by atoms with Gasteiger partial charge in [0, 0.05) is 23.6 Å². The smallest absolute Gasteiger partial charge is 0.235 e. The molecule has 2 N–H and O–H groups in total. The number of carbonyl (C=O) groups excluding carboxylic acids is 1. The van der Waals surface area contributed by atoms with E-state index in [1.165, 1.54) is 11.8 Å². The van der Waals surface area contributed by atoms with Gasteiger partial charge in [-0.3, -0.25) is 9.89 Å². The fraction of sp³-hybridized carbons (Fsp3) is 0.214. The molecule has 6 nitrogen and oxygen atoms in total. The lowest BCUT2D eigenvalue weighted by Gasteiger charge is -2.00. The summed E-state index contributed by atoms with van der Waals surface area (Å²) < 4.78 is 5.30. The molecule has 0 spiro atoms. The number of amides is 1. The molecule has 3 rings (SSSR count). The average Bonchev–Trinajstić information content (AvgIpc) is 3.20. The number of carbonyl (C=O) groups is 1. The number of aromatic nitrogens is 3. The Morgan fingerprint density at radius 3 is 3.14 bits per heavy atom. The maximum atomic E-state index is 11.8. The van der Waals surface area contributed by atoms with Gasteiger partial charge in [0.2, 0.25) is 5.91 Å². The Balaban J connectivity index is 1.46. The van der Waals surface area contributed by atoms with Gasteiger partial charge in [0.1, 0.15) is 0 Å². The molecule has 0 unspecified atom stereocenters. The molecular formula is C14H14N4O2S2. The monoisotopic (exact) mass is 334 g/mol. The number of hydrogen-bond donors (Lipinski definition) is 2. The third-order valence-electron chi connectivity index (χ3n) is 2.78. The van der Waals surface area contributed by atoms with Crippen molar-refractivity contribution in [3.63, 3.8) is 0 Å². The zero-order chi connectivity index (χ0) is 15.4. The first-order chi connectivity index (χ1) is 10.7. The first kappa shape index (κ1) is 14.9. The standard InChI is InChI=1S/C14H14N4O2S2/c1-9-5-13(17-16-9)15-14(19)8-21-7-10-6-11(20-18-10)12-3-2-4-22-12/h2-6H,7-8H2,1H3,(H2,15,16,17,19). The molecule has 0 aliphatic carbocycles. The van der Waals surface area contributed by atoms with Gasteiger partial charge in [-0.05, 0) is 18.4 Å². The molecule has 0 aliphatic rings. The summed E-state index contributed by atoms with van der Waals surface area (Å²) in [6.07, 6.45) is 0. The minimum Gasteiger partial charge on any atom is -0.355 e. The highest BCUT2D eigenvalue weighted by atomic mass is 32.2. The van der Waals surface area contributed by atoms with Gasteiger partial charge < -0.3 is 9.84 Å². The molecule has 3 heterocycles. The highest BCUT2D eigenvalue weighted by molar-refractivity contribution is 7.99. The number of hydrogen-bond acceptors (Lipinski definition) is 6. The predicted molar refractivity (Wildman–Crippen MR) is 87.9 cm³/mol. The maximum absolute atomic E-state index is 11.8. The molecule has 3 aromatic heterocycles. The molecule has 114 valence electrons. The first-order valence-corrected chi connectivity index (χ1v) is 8.63. The number of thiophene rings is 1. The topological polar surface area (TPSA) is 83.8 Å². The number of rotatable bonds is 6. The van der Waals surface area contributed by atoms with Crippen molar-refractivity contribution in [1.82, 2.24) is 15.4 Å². The van der Waals surface area contributed by atoms with Gasteiger partial charge in [-0.2, -0.15) is 5.10 Å². The van der Waals surface area contributed by atoms with E-state index >= 15 is 0 Å². The summed E-state index contributed by atoms with van der Waals surface area (Å²) in [4.78, 5) is 12.8. The number of nitrogens with one attached hydrogen (secondary N) is 2. The Labute approximate surface area is 135 Å². The normalized spacial score (nSPS) is 10.8. The van der Waals surface area contributed by atoms with Crippen LogP contribution in [-0.2, 0) is 10.5 Å². The van der Waals surface area contributed by atoms with Crippen molar-refractivity contribution in [2.75, 3.05) is 11.1 Å². The van der Waals surface area contributed by atoms with Crippen LogP contribution in [0.3, 0.4) is 0 Å². The number of thioether (sulfide) groups is 1. The van der Waals surface area contributed by atoms with E-state index in [1.807, 2.05) is 30.5 Å². The Kier molecular flexibility index (Phi) is 4.59. The van der Waals surface area contributed by atoms with Gasteiger partial charge in [-0.15, -0.1) is 23.1 Å². The number of aryl methyl sites for hydroxylation is 1. The number of H-pyrrole nitrogens is 1. The van der Waals surface area contributed by atoms with Crippen LogP contribution in [0.2, 0.25) is 0 Å². The average molecular weight is 334 g/mol. The molecule has 0 saturated carbocycles. The van der Waals surface area contributed by atoms with E-state index < -0.39 is 0 Å². The zero-order valence-corrected chi connectivity index (χ0v) is 13.5. The minimum absolute atomic E-state index is 0.0847. The van der Waals surface area contributed by atoms with E-state index in [-0.39, 0.29) is 5.91 Å². The largest absolute Gasteiger partial charge is 0.355 e. The van der Waals surface area contributed by atoms with E-state index in [0.717, 1.165) is 22.0 Å². The molecule has 0 saturated heterocycles. The summed E-state index contributed by atoms with van der Waals surface area (Å²) in [6.45, 7) is 1.88. The SMILES string of the molecule is Cc1cc(NC(=O)CSCc2cc(-c3cccs3)on2)n[nH]1. The Bertz CT molecular complexity index is 749. The molecule has 22 heavy (non-hydrogen) atoms. The van der Waals surface area contributed by atoms with Gasteiger partial charge in [0.15, 0.2) is 11.6 Å². The number of anilines is 1. The van der Waals surface area contributed by atoms with Gasteiger partial charge in [-0.1, -0.05) is 11.2 Å². The molecule has 8 heteroatoms. The van der Waals surface area contributed by atoms with Gasteiger partial charge in [0.05, 0.1) is 16.3 Å². The van der Waals surface area contributed by atoms with Crippen LogP contribution in [0.1, 0.15) is 11.4 Å². The fourth-order valence-corrected chi connectivity index (χ4v) is 3.20. The van der Waals surface area contributed by atoms with Crippen molar-refractivity contribution in [1.29, 1.82) is 0 Å². The molecule has 1 amide bonds. The highest BCUT2D eigenvalue weighted by Crippen LogP contribution is 2.26. The van der Waals surface area contributed by atoms with Crippen LogP contribution in [0.4, 0.5) is 5.82 Å². The van der Waals surface area contributed by atoms with Crippen LogP contribution in [0.5, 0.6) is 0 Å². The van der Waals surface area contributed by atoms with Crippen LogP contribution in [0.25, 0.3) is 10.6 Å². The summed E-state index contributed by atoms with van der Waals surface area (Å²) in [5, 5.41) is 15.5. The van der Waals surface area contributed by atoms with Crippen LogP contribution in [0, 0.1) is 6.92 Å². The molecule has 3 aromatic rings. The van der Waals surface area contributed by atoms with Crippen molar-refractivity contribution >= 4 is 34.8 Å². The van der Waals surface area contributed by atoms with Gasteiger partial charge in [0.25, 0.3) is 0 Å². The second-order valence-electron chi connectivity index (χ2n) is 4.64. The molecule has 0 atom stereocenters. The minimum atomic E-state index is -0.0847. The highest BCUT2D eigenvalue weighted by Gasteiger charge is 2.09. The summed E-state index contributed by atoms with van der Waals surface area (Å²) in [5.74, 6) is 2.19. The van der Waals surface area contributed by atoms with Crippen molar-refractivity contribution in [2.24, 2.45) is 0 Å². The van der Waals surface area contributed by atoms with Crippen molar-refractivity contribution in [2.45, 2.75) is 12.7 Å². The lowest BCUT2D eigenvalue weighted by Crippen LogP contribution is -2.14. The molecule has 0 aliphatic heterocycles. The Hall–Kier alpha value is -2.06. The first-order valence-electron chi connectivity index (χ1n) is 6.60. The molecule has 0 bridgehead atoms. The van der Waals surface area contributed by atoms with E-state index in [0.29, 0.717) is 17.3 Å². The summed E-state index contributed by atoms with van der Waals surface area (Å²) >= 11 is 3.09. The summed E-state index contributed by atoms with van der Waals surface area (Å²) in [7, 11) is 0. The van der Waals surface area contributed by atoms with Gasteiger partial charge in [-0.25, -0.2) is 0 Å². The predicted octanol–water partition coefficient (Wildman–Crippen LogP) is 3.31. The fourth-order valence-electron chi connectivity index (χ4n) is 1.82. The van der Waals surface area contributed by atoms with Crippen molar-refractivity contribution < 1.29 is 9.32 Å². The zero-order valence-electron chi connectivity index (χ0n) is 11.8. The Morgan fingerprint density at radius 2 is 2.41 bits per heavy atom. The van der Waals surface area contributed by atoms with E-state index in [4.69, 9.17) is 4.52 Å². The molecule has 0 fully saturated rings. The molecular weight excluding hydrogens is 320 g/mol. The van der Waals surface area contributed by atoms with Crippen LogP contribution >= 0.6 is 23.1 Å². The summed E-state index contributed by atoms with van der Waals surface area (Å²) in [5.41, 5.74) is 1.74. The lowest BCUT2D eigenvalue weighted by atomic mass is 10.3. The quantitative estimate of drug-likeness (QED) is 0.722. The van der Waals surface area contributed by atoms with Crippen molar-refractivity contribution in [3.05, 3.63) is 41.0 Å². The number of nitrogens with zero attached hydrogens (tertiary/aromatic N) is 2. The number of aromatic amines is 1. The molecule has 0 radical (unpaired) electrons. The van der Waals surface area contributed by atoms with E-state index in [1.54, 1.807) is 17.4 Å². The Morgan fingerprint density at radius 1 is 1.50 bits per heavy atom. The third-order valence-corrected chi connectivity index (χ3v) is 4.63. The lowest BCUT2D eigenvalue weighted by molar-refractivity contribution is -0.113. The summed E-state index contributed by atoms with van der Waals surface area (Å²) in [6, 6.07) is 7.65. The van der Waals surface area contributed by atoms with Gasteiger partial charge >= 0.3 is 0 Å². The molecule has 0 aromatic carbocycles. The van der Waals surface area contributed by atoms with Crippen LogP contribution in [-0.4, -0.2) is 27.0 Å².